The lowest BCUT2D eigenvalue weighted by molar-refractivity contribution is 0.0969. The summed E-state index contributed by atoms with van der Waals surface area (Å²) in [5.41, 5.74) is 0.514. The molecule has 29 heavy (non-hydrogen) atoms. The third-order valence-corrected chi connectivity index (χ3v) is 5.35. The van der Waals surface area contributed by atoms with Gasteiger partial charge in [0.15, 0.2) is 11.2 Å². The van der Waals surface area contributed by atoms with Crippen LogP contribution in [0.3, 0.4) is 0 Å². The number of nitrogens with zero attached hydrogens (tertiary/aromatic N) is 2. The maximum atomic E-state index is 14.0. The third-order valence-electron chi connectivity index (χ3n) is 4.86. The van der Waals surface area contributed by atoms with Crippen LogP contribution in [0, 0.1) is 12.7 Å². The van der Waals surface area contributed by atoms with E-state index in [2.05, 4.69) is 21.1 Å². The number of anilines is 1. The van der Waals surface area contributed by atoms with E-state index in [-0.39, 0.29) is 22.6 Å². The average Bonchev–Trinajstić information content (AvgIpc) is 3.24. The van der Waals surface area contributed by atoms with Crippen LogP contribution in [0.2, 0.25) is 0 Å². The minimum Gasteiger partial charge on any atom is -0.450 e. The van der Waals surface area contributed by atoms with E-state index in [9.17, 15) is 14.0 Å². The molecule has 0 fully saturated rings. The second-order valence-corrected chi connectivity index (χ2v) is 7.66. The topological polar surface area (TPSA) is 76.6 Å². The van der Waals surface area contributed by atoms with Crippen LogP contribution in [0.1, 0.15) is 33.5 Å². The number of carbonyl (C=O) groups is 1. The number of hydrogen-bond acceptors (Lipinski definition) is 5. The standard InChI is InChI=1S/C21H12BrFN2O4/c1-10-7-16(24-29-10)25-18(11-3-2-4-13(23)8-11)17-19(26)14-9-12(22)5-6-15(14)28-20(17)21(25)27/h2-9,18H,1H3/t18-/m0/s1. The van der Waals surface area contributed by atoms with E-state index in [0.717, 1.165) is 0 Å². The van der Waals surface area contributed by atoms with Crippen molar-refractivity contribution in [1.29, 1.82) is 0 Å². The lowest BCUT2D eigenvalue weighted by Crippen LogP contribution is -2.29. The van der Waals surface area contributed by atoms with E-state index in [1.807, 2.05) is 0 Å². The SMILES string of the molecule is Cc1cc(N2C(=O)c3oc4ccc(Br)cc4c(=O)c3[C@@H]2c2cccc(F)c2)no1. The molecular formula is C21H12BrFN2O4. The fourth-order valence-electron chi connectivity index (χ4n) is 3.64. The lowest BCUT2D eigenvalue weighted by atomic mass is 9.98. The predicted octanol–water partition coefficient (Wildman–Crippen LogP) is 4.74. The van der Waals surface area contributed by atoms with Gasteiger partial charge in [-0.15, -0.1) is 0 Å². The molecule has 1 atom stereocenters. The number of hydrogen-bond donors (Lipinski definition) is 0. The van der Waals surface area contributed by atoms with Crippen molar-refractivity contribution in [3.8, 4) is 0 Å². The molecule has 1 aliphatic heterocycles. The van der Waals surface area contributed by atoms with Crippen LogP contribution in [0.15, 0.2) is 66.7 Å². The molecule has 0 unspecified atom stereocenters. The van der Waals surface area contributed by atoms with Crippen LogP contribution in [0.25, 0.3) is 11.0 Å². The molecule has 2 aromatic carbocycles. The first-order valence-electron chi connectivity index (χ1n) is 8.72. The molecule has 6 nitrogen and oxygen atoms in total. The van der Waals surface area contributed by atoms with Gasteiger partial charge in [0.05, 0.1) is 17.0 Å². The fourth-order valence-corrected chi connectivity index (χ4v) is 4.00. The van der Waals surface area contributed by atoms with Crippen molar-refractivity contribution in [1.82, 2.24) is 5.16 Å². The van der Waals surface area contributed by atoms with Crippen molar-refractivity contribution in [2.45, 2.75) is 13.0 Å². The molecule has 144 valence electrons. The molecular weight excluding hydrogens is 443 g/mol. The monoisotopic (exact) mass is 454 g/mol. The highest BCUT2D eigenvalue weighted by Gasteiger charge is 2.45. The summed E-state index contributed by atoms with van der Waals surface area (Å²) in [6, 6.07) is 11.4. The number of fused-ring (bicyclic) bond motifs is 2. The van der Waals surface area contributed by atoms with Gasteiger partial charge in [-0.2, -0.15) is 0 Å². The summed E-state index contributed by atoms with van der Waals surface area (Å²) >= 11 is 3.35. The molecule has 4 aromatic rings. The molecule has 2 aromatic heterocycles. The fraction of sp³-hybridized carbons (Fsp3) is 0.0952. The Kier molecular flexibility index (Phi) is 3.92. The van der Waals surface area contributed by atoms with E-state index >= 15 is 0 Å². The first-order chi connectivity index (χ1) is 13.9. The minimum absolute atomic E-state index is 0.0836. The first-order valence-corrected chi connectivity index (χ1v) is 9.52. The number of rotatable bonds is 2. The molecule has 0 bridgehead atoms. The van der Waals surface area contributed by atoms with Crippen LogP contribution in [0.5, 0.6) is 0 Å². The molecule has 5 rings (SSSR count). The Morgan fingerprint density at radius 2 is 1.97 bits per heavy atom. The van der Waals surface area contributed by atoms with Gasteiger partial charge in [-0.3, -0.25) is 14.5 Å². The predicted molar refractivity (Wildman–Crippen MR) is 106 cm³/mol. The third kappa shape index (κ3) is 2.71. The smallest absolute Gasteiger partial charge is 0.296 e. The Morgan fingerprint density at radius 1 is 1.14 bits per heavy atom. The van der Waals surface area contributed by atoms with Crippen LogP contribution < -0.4 is 10.3 Å². The Balaban J connectivity index is 1.84. The highest BCUT2D eigenvalue weighted by atomic mass is 79.9. The first kappa shape index (κ1) is 17.8. The van der Waals surface area contributed by atoms with Crippen LogP contribution >= 0.6 is 15.9 Å². The zero-order valence-electron chi connectivity index (χ0n) is 15.0. The molecule has 0 saturated carbocycles. The summed E-state index contributed by atoms with van der Waals surface area (Å²) < 4.78 is 25.6. The number of benzene rings is 2. The number of aromatic nitrogens is 1. The van der Waals surface area contributed by atoms with Gasteiger partial charge in [0.1, 0.15) is 17.2 Å². The maximum absolute atomic E-state index is 14.0. The second-order valence-electron chi connectivity index (χ2n) is 6.74. The van der Waals surface area contributed by atoms with Crippen molar-refractivity contribution < 1.29 is 18.1 Å². The van der Waals surface area contributed by atoms with Crippen molar-refractivity contribution in [3.05, 3.63) is 91.7 Å². The Morgan fingerprint density at radius 3 is 2.69 bits per heavy atom. The number of halogens is 2. The molecule has 0 spiro atoms. The molecule has 3 heterocycles. The van der Waals surface area contributed by atoms with Gasteiger partial charge in [-0.1, -0.05) is 33.2 Å². The lowest BCUT2D eigenvalue weighted by Gasteiger charge is -2.22. The van der Waals surface area contributed by atoms with Crippen LogP contribution in [0.4, 0.5) is 10.2 Å². The van der Waals surface area contributed by atoms with Crippen LogP contribution in [-0.2, 0) is 0 Å². The van der Waals surface area contributed by atoms with E-state index in [1.54, 1.807) is 37.3 Å². The molecule has 1 amide bonds. The van der Waals surface area contributed by atoms with Gasteiger partial charge in [-0.25, -0.2) is 4.39 Å². The second kappa shape index (κ2) is 6.38. The summed E-state index contributed by atoms with van der Waals surface area (Å²) in [4.78, 5) is 27.9. The van der Waals surface area contributed by atoms with Crippen molar-refractivity contribution in [2.24, 2.45) is 0 Å². The summed E-state index contributed by atoms with van der Waals surface area (Å²) in [6.07, 6.45) is 0. The molecule has 1 aliphatic rings. The quantitative estimate of drug-likeness (QED) is 0.437. The maximum Gasteiger partial charge on any atom is 0.296 e. The molecule has 0 saturated heterocycles. The van der Waals surface area contributed by atoms with Crippen molar-refractivity contribution in [2.75, 3.05) is 4.90 Å². The van der Waals surface area contributed by atoms with Gasteiger partial charge in [0, 0.05) is 10.5 Å². The Hall–Kier alpha value is -3.26. The summed E-state index contributed by atoms with van der Waals surface area (Å²) in [7, 11) is 0. The van der Waals surface area contributed by atoms with Crippen LogP contribution in [-0.4, -0.2) is 11.1 Å². The zero-order valence-corrected chi connectivity index (χ0v) is 16.6. The molecule has 0 radical (unpaired) electrons. The van der Waals surface area contributed by atoms with Crippen molar-refractivity contribution >= 4 is 38.6 Å². The zero-order chi connectivity index (χ0) is 20.3. The molecule has 8 heteroatoms. The van der Waals surface area contributed by atoms with Gasteiger partial charge in [0.25, 0.3) is 5.91 Å². The number of aryl methyl sites for hydroxylation is 1. The highest BCUT2D eigenvalue weighted by molar-refractivity contribution is 9.10. The summed E-state index contributed by atoms with van der Waals surface area (Å²) in [6.45, 7) is 1.69. The van der Waals surface area contributed by atoms with E-state index in [4.69, 9.17) is 8.94 Å². The molecule has 0 aliphatic carbocycles. The largest absolute Gasteiger partial charge is 0.450 e. The number of carbonyl (C=O) groups excluding carboxylic acids is 1. The van der Waals surface area contributed by atoms with Gasteiger partial charge < -0.3 is 8.94 Å². The van der Waals surface area contributed by atoms with Gasteiger partial charge in [0.2, 0.25) is 5.76 Å². The molecule has 0 N–H and O–H groups in total. The Bertz CT molecular complexity index is 1360. The number of amides is 1. The van der Waals surface area contributed by atoms with E-state index < -0.39 is 17.8 Å². The normalized spacial score (nSPS) is 15.9. The Labute approximate surface area is 171 Å². The van der Waals surface area contributed by atoms with E-state index in [0.29, 0.717) is 26.8 Å². The highest BCUT2D eigenvalue weighted by Crippen LogP contribution is 2.41. The van der Waals surface area contributed by atoms with Gasteiger partial charge in [-0.05, 0) is 42.8 Å². The van der Waals surface area contributed by atoms with E-state index in [1.165, 1.54) is 23.1 Å². The average molecular weight is 455 g/mol. The summed E-state index contributed by atoms with van der Waals surface area (Å²) in [5, 5.41) is 4.25. The van der Waals surface area contributed by atoms with Crippen molar-refractivity contribution in [3.63, 3.8) is 0 Å². The summed E-state index contributed by atoms with van der Waals surface area (Å²) in [5.74, 6) is -0.384. The van der Waals surface area contributed by atoms with Gasteiger partial charge >= 0.3 is 0 Å². The minimum atomic E-state index is -0.891.